The third-order valence-electron chi connectivity index (χ3n) is 3.39. The van der Waals surface area contributed by atoms with Crippen LogP contribution >= 0.6 is 11.8 Å². The fourth-order valence-corrected chi connectivity index (χ4v) is 3.39. The minimum Gasteiger partial charge on any atom is -0.330 e. The molecule has 0 saturated heterocycles. The number of rotatable bonds is 4. The van der Waals surface area contributed by atoms with Gasteiger partial charge in [-0.3, -0.25) is 4.79 Å². The second kappa shape index (κ2) is 6.39. The standard InChI is InChI=1S/C15H21NOS/c1-11(6-7-16)9-12-4-5-15-13(10-12)14(17)3-2-8-18-15/h4-5,10-11H,2-3,6-9,16H2,1H3. The minimum absolute atomic E-state index is 0.309. The zero-order valence-corrected chi connectivity index (χ0v) is 11.8. The van der Waals surface area contributed by atoms with Crippen molar-refractivity contribution in [3.05, 3.63) is 29.3 Å². The van der Waals surface area contributed by atoms with E-state index in [0.717, 1.165) is 42.0 Å². The van der Waals surface area contributed by atoms with Crippen molar-refractivity contribution in [3.8, 4) is 0 Å². The molecule has 1 aliphatic heterocycles. The second-order valence-electron chi connectivity index (χ2n) is 5.09. The Morgan fingerprint density at radius 3 is 3.06 bits per heavy atom. The number of thioether (sulfide) groups is 1. The second-order valence-corrected chi connectivity index (χ2v) is 6.23. The minimum atomic E-state index is 0.309. The molecule has 0 fully saturated rings. The highest BCUT2D eigenvalue weighted by Gasteiger charge is 2.16. The molecule has 1 heterocycles. The molecule has 1 aromatic rings. The molecule has 18 heavy (non-hydrogen) atoms. The van der Waals surface area contributed by atoms with Crippen LogP contribution in [0.4, 0.5) is 0 Å². The van der Waals surface area contributed by atoms with Crippen molar-refractivity contribution in [2.24, 2.45) is 11.7 Å². The van der Waals surface area contributed by atoms with Crippen LogP contribution in [0.3, 0.4) is 0 Å². The Balaban J connectivity index is 2.17. The lowest BCUT2D eigenvalue weighted by molar-refractivity contribution is 0.0980. The van der Waals surface area contributed by atoms with Crippen LogP contribution in [0.5, 0.6) is 0 Å². The summed E-state index contributed by atoms with van der Waals surface area (Å²) in [5.74, 6) is 1.95. The van der Waals surface area contributed by atoms with Gasteiger partial charge in [0.05, 0.1) is 0 Å². The van der Waals surface area contributed by atoms with E-state index < -0.39 is 0 Å². The van der Waals surface area contributed by atoms with Gasteiger partial charge in [-0.15, -0.1) is 11.8 Å². The van der Waals surface area contributed by atoms with Gasteiger partial charge in [-0.1, -0.05) is 13.0 Å². The molecule has 0 radical (unpaired) electrons. The number of carbonyl (C=O) groups excluding carboxylic acids is 1. The smallest absolute Gasteiger partial charge is 0.164 e. The van der Waals surface area contributed by atoms with Gasteiger partial charge < -0.3 is 5.73 Å². The topological polar surface area (TPSA) is 43.1 Å². The number of Topliss-reactive ketones (excluding diaryl/α,β-unsaturated/α-hetero) is 1. The van der Waals surface area contributed by atoms with Crippen LogP contribution < -0.4 is 5.73 Å². The quantitative estimate of drug-likeness (QED) is 0.906. The molecule has 2 N–H and O–H groups in total. The Hall–Kier alpha value is -0.800. The first-order valence-corrected chi connectivity index (χ1v) is 7.68. The molecule has 1 aromatic carbocycles. The first kappa shape index (κ1) is 13.6. The van der Waals surface area contributed by atoms with E-state index in [4.69, 9.17) is 5.73 Å². The van der Waals surface area contributed by atoms with Crippen LogP contribution in [-0.4, -0.2) is 18.1 Å². The summed E-state index contributed by atoms with van der Waals surface area (Å²) in [5.41, 5.74) is 7.79. The molecular weight excluding hydrogens is 242 g/mol. The van der Waals surface area contributed by atoms with E-state index in [0.29, 0.717) is 18.1 Å². The van der Waals surface area contributed by atoms with Crippen molar-refractivity contribution >= 4 is 17.5 Å². The van der Waals surface area contributed by atoms with Gasteiger partial charge in [-0.2, -0.15) is 0 Å². The van der Waals surface area contributed by atoms with Crippen molar-refractivity contribution in [1.82, 2.24) is 0 Å². The molecule has 0 aliphatic carbocycles. The van der Waals surface area contributed by atoms with E-state index in [-0.39, 0.29) is 0 Å². The van der Waals surface area contributed by atoms with E-state index in [1.165, 1.54) is 5.56 Å². The predicted molar refractivity (Wildman–Crippen MR) is 77.3 cm³/mol. The summed E-state index contributed by atoms with van der Waals surface area (Å²) < 4.78 is 0. The monoisotopic (exact) mass is 263 g/mol. The van der Waals surface area contributed by atoms with Gasteiger partial charge >= 0.3 is 0 Å². The Bertz CT molecular complexity index is 431. The fourth-order valence-electron chi connectivity index (χ4n) is 2.39. The molecule has 0 spiro atoms. The first-order valence-electron chi connectivity index (χ1n) is 6.69. The van der Waals surface area contributed by atoms with Crippen LogP contribution in [0.2, 0.25) is 0 Å². The van der Waals surface area contributed by atoms with E-state index >= 15 is 0 Å². The maximum atomic E-state index is 12.0. The number of ketones is 1. The molecule has 3 heteroatoms. The molecule has 98 valence electrons. The molecule has 2 rings (SSSR count). The van der Waals surface area contributed by atoms with E-state index in [9.17, 15) is 4.79 Å². The highest BCUT2D eigenvalue weighted by Crippen LogP contribution is 2.30. The number of benzene rings is 1. The molecule has 1 atom stereocenters. The van der Waals surface area contributed by atoms with Crippen molar-refractivity contribution < 1.29 is 4.79 Å². The summed E-state index contributed by atoms with van der Waals surface area (Å²) in [6.07, 6.45) is 3.75. The van der Waals surface area contributed by atoms with Crippen molar-refractivity contribution in [3.63, 3.8) is 0 Å². The summed E-state index contributed by atoms with van der Waals surface area (Å²) in [7, 11) is 0. The van der Waals surface area contributed by atoms with Crippen molar-refractivity contribution in [1.29, 1.82) is 0 Å². The molecular formula is C15H21NOS. The van der Waals surface area contributed by atoms with E-state index in [2.05, 4.69) is 25.1 Å². The molecule has 2 nitrogen and oxygen atoms in total. The largest absolute Gasteiger partial charge is 0.330 e. The Morgan fingerprint density at radius 1 is 1.44 bits per heavy atom. The maximum absolute atomic E-state index is 12.0. The number of hydrogen-bond acceptors (Lipinski definition) is 3. The lowest BCUT2D eigenvalue weighted by atomic mass is 9.95. The lowest BCUT2D eigenvalue weighted by Crippen LogP contribution is -2.08. The summed E-state index contributed by atoms with van der Waals surface area (Å²) >= 11 is 1.81. The number of nitrogens with two attached hydrogens (primary N) is 1. The number of hydrogen-bond donors (Lipinski definition) is 1. The Kier molecular flexibility index (Phi) is 4.84. The highest BCUT2D eigenvalue weighted by atomic mass is 32.2. The van der Waals surface area contributed by atoms with Crippen LogP contribution in [0.1, 0.15) is 42.1 Å². The van der Waals surface area contributed by atoms with Gasteiger partial charge in [0.25, 0.3) is 0 Å². The van der Waals surface area contributed by atoms with Gasteiger partial charge in [0.15, 0.2) is 5.78 Å². The summed E-state index contributed by atoms with van der Waals surface area (Å²) in [6, 6.07) is 6.38. The Labute approximate surface area is 113 Å². The van der Waals surface area contributed by atoms with Crippen LogP contribution in [-0.2, 0) is 6.42 Å². The summed E-state index contributed by atoms with van der Waals surface area (Å²) in [6.45, 7) is 2.95. The van der Waals surface area contributed by atoms with Crippen LogP contribution in [0.25, 0.3) is 0 Å². The molecule has 0 amide bonds. The summed E-state index contributed by atoms with van der Waals surface area (Å²) in [5, 5.41) is 0. The van der Waals surface area contributed by atoms with Gasteiger partial charge in [-0.25, -0.2) is 0 Å². The van der Waals surface area contributed by atoms with Gasteiger partial charge in [0.1, 0.15) is 0 Å². The molecule has 1 unspecified atom stereocenters. The van der Waals surface area contributed by atoms with Gasteiger partial charge in [-0.05, 0) is 55.2 Å². The van der Waals surface area contributed by atoms with Crippen LogP contribution in [0, 0.1) is 5.92 Å². The average Bonchev–Trinajstić information content (AvgIpc) is 2.52. The third kappa shape index (κ3) is 3.36. The predicted octanol–water partition coefficient (Wildman–Crippen LogP) is 3.28. The van der Waals surface area contributed by atoms with Crippen LogP contribution in [0.15, 0.2) is 23.1 Å². The Morgan fingerprint density at radius 2 is 2.28 bits per heavy atom. The normalized spacial score (nSPS) is 17.1. The van der Waals surface area contributed by atoms with Crippen molar-refractivity contribution in [2.45, 2.75) is 37.5 Å². The van der Waals surface area contributed by atoms with Gasteiger partial charge in [0, 0.05) is 16.9 Å². The fraction of sp³-hybridized carbons (Fsp3) is 0.533. The third-order valence-corrected chi connectivity index (χ3v) is 4.55. The highest BCUT2D eigenvalue weighted by molar-refractivity contribution is 7.99. The molecule has 1 aliphatic rings. The summed E-state index contributed by atoms with van der Waals surface area (Å²) in [4.78, 5) is 13.2. The number of carbonyl (C=O) groups is 1. The lowest BCUT2D eigenvalue weighted by Gasteiger charge is -2.12. The maximum Gasteiger partial charge on any atom is 0.164 e. The SMILES string of the molecule is CC(CCN)Cc1ccc2c(c1)C(=O)CCCS2. The molecule has 0 aromatic heterocycles. The number of fused-ring (bicyclic) bond motifs is 1. The molecule has 0 saturated carbocycles. The zero-order valence-electron chi connectivity index (χ0n) is 10.9. The van der Waals surface area contributed by atoms with E-state index in [1.54, 1.807) is 0 Å². The average molecular weight is 263 g/mol. The zero-order chi connectivity index (χ0) is 13.0. The van der Waals surface area contributed by atoms with Crippen molar-refractivity contribution in [2.75, 3.05) is 12.3 Å². The van der Waals surface area contributed by atoms with E-state index in [1.807, 2.05) is 11.8 Å². The van der Waals surface area contributed by atoms with Gasteiger partial charge in [0.2, 0.25) is 0 Å². The molecule has 0 bridgehead atoms. The first-order chi connectivity index (χ1) is 8.70.